The number of sulfonamides is 1. The molecule has 1 aromatic rings. The highest BCUT2D eigenvalue weighted by molar-refractivity contribution is 14.0. The second-order valence-electron chi connectivity index (χ2n) is 4.57. The monoisotopic (exact) mass is 490 g/mol. The minimum atomic E-state index is -3.40. The predicted molar refractivity (Wildman–Crippen MR) is 110 cm³/mol. The number of halogens is 1. The molecule has 1 heterocycles. The van der Waals surface area contributed by atoms with Crippen molar-refractivity contribution in [3.8, 4) is 0 Å². The lowest BCUT2D eigenvalue weighted by molar-refractivity contribution is 0.146. The number of rotatable bonds is 11. The lowest BCUT2D eigenvalue weighted by atomic mass is 10.4. The van der Waals surface area contributed by atoms with E-state index in [1.807, 2.05) is 13.8 Å². The van der Waals surface area contributed by atoms with E-state index in [4.69, 9.17) is 4.74 Å². The third kappa shape index (κ3) is 9.77. The maximum atomic E-state index is 11.9. The Labute approximate surface area is 165 Å². The molecule has 0 fully saturated rings. The predicted octanol–water partition coefficient (Wildman–Crippen LogP) is 1.63. The van der Waals surface area contributed by atoms with Crippen LogP contribution in [0.4, 0.5) is 0 Å². The first kappa shape index (κ1) is 23.6. The van der Waals surface area contributed by atoms with Crippen molar-refractivity contribution in [3.63, 3.8) is 0 Å². The van der Waals surface area contributed by atoms with Crippen LogP contribution in [0.5, 0.6) is 0 Å². The Morgan fingerprint density at radius 2 is 2.08 bits per heavy atom. The van der Waals surface area contributed by atoms with Crippen molar-refractivity contribution in [1.82, 2.24) is 15.4 Å². The van der Waals surface area contributed by atoms with E-state index in [0.717, 1.165) is 13.0 Å². The fourth-order valence-corrected chi connectivity index (χ4v) is 3.77. The summed E-state index contributed by atoms with van der Waals surface area (Å²) in [5, 5.41) is 7.97. The van der Waals surface area contributed by atoms with Gasteiger partial charge >= 0.3 is 0 Å². The molecule has 10 heteroatoms. The van der Waals surface area contributed by atoms with Crippen LogP contribution in [-0.4, -0.2) is 53.8 Å². The van der Waals surface area contributed by atoms with E-state index < -0.39 is 10.0 Å². The summed E-state index contributed by atoms with van der Waals surface area (Å²) in [5.74, 6) is 0.680. The van der Waals surface area contributed by atoms with Gasteiger partial charge < -0.3 is 15.4 Å². The van der Waals surface area contributed by atoms with Gasteiger partial charge in [-0.05, 0) is 31.7 Å². The van der Waals surface area contributed by atoms with Crippen LogP contribution in [0, 0.1) is 0 Å². The van der Waals surface area contributed by atoms with Crippen molar-refractivity contribution in [2.75, 3.05) is 39.4 Å². The Balaban J connectivity index is 0.00000529. The fraction of sp³-hybridized carbons (Fsp3) is 0.643. The average molecular weight is 490 g/mol. The lowest BCUT2D eigenvalue weighted by Gasteiger charge is -2.11. The van der Waals surface area contributed by atoms with E-state index in [0.29, 0.717) is 43.0 Å². The zero-order valence-electron chi connectivity index (χ0n) is 14.1. The fourth-order valence-electron chi connectivity index (χ4n) is 1.70. The first-order chi connectivity index (χ1) is 11.1. The van der Waals surface area contributed by atoms with Gasteiger partial charge in [0.15, 0.2) is 5.96 Å². The molecule has 0 unspecified atom stereocenters. The van der Waals surface area contributed by atoms with Gasteiger partial charge in [-0.2, -0.15) is 0 Å². The van der Waals surface area contributed by atoms with Gasteiger partial charge in [0.1, 0.15) is 4.21 Å². The number of thiophene rings is 1. The molecule has 24 heavy (non-hydrogen) atoms. The van der Waals surface area contributed by atoms with Crippen LogP contribution in [0.3, 0.4) is 0 Å². The van der Waals surface area contributed by atoms with Crippen molar-refractivity contribution in [3.05, 3.63) is 17.5 Å². The van der Waals surface area contributed by atoms with Crippen LogP contribution >= 0.6 is 35.3 Å². The van der Waals surface area contributed by atoms with E-state index in [-0.39, 0.29) is 24.0 Å². The van der Waals surface area contributed by atoms with Gasteiger partial charge in [0.05, 0.1) is 0 Å². The van der Waals surface area contributed by atoms with Gasteiger partial charge in [-0.25, -0.2) is 13.1 Å². The Bertz CT molecular complexity index is 550. The molecule has 7 nitrogen and oxygen atoms in total. The molecule has 0 aliphatic rings. The SMILES string of the molecule is CCNC(=NCCCOCC)NCCNS(=O)(=O)c1cccs1.I. The summed E-state index contributed by atoms with van der Waals surface area (Å²) >= 11 is 1.20. The van der Waals surface area contributed by atoms with E-state index in [2.05, 4.69) is 20.3 Å². The van der Waals surface area contributed by atoms with E-state index in [1.165, 1.54) is 11.3 Å². The molecule has 0 saturated heterocycles. The molecular formula is C14H27IN4O3S2. The van der Waals surface area contributed by atoms with Crippen molar-refractivity contribution < 1.29 is 13.2 Å². The van der Waals surface area contributed by atoms with Crippen LogP contribution in [0.1, 0.15) is 20.3 Å². The first-order valence-electron chi connectivity index (χ1n) is 7.73. The Kier molecular flexibility index (Phi) is 13.6. The molecule has 3 N–H and O–H groups in total. The quantitative estimate of drug-likeness (QED) is 0.190. The van der Waals surface area contributed by atoms with Gasteiger partial charge in [-0.15, -0.1) is 35.3 Å². The molecule has 0 aromatic carbocycles. The van der Waals surface area contributed by atoms with Gasteiger partial charge in [0, 0.05) is 39.4 Å². The number of aliphatic imine (C=N–C) groups is 1. The zero-order valence-corrected chi connectivity index (χ0v) is 18.0. The Hall–Kier alpha value is -0.430. The average Bonchev–Trinajstić information content (AvgIpc) is 3.06. The molecule has 0 saturated carbocycles. The number of nitrogens with one attached hydrogen (secondary N) is 3. The minimum absolute atomic E-state index is 0. The normalized spacial score (nSPS) is 11.8. The summed E-state index contributed by atoms with van der Waals surface area (Å²) in [4.78, 5) is 4.41. The van der Waals surface area contributed by atoms with Crippen molar-refractivity contribution in [2.24, 2.45) is 4.99 Å². The minimum Gasteiger partial charge on any atom is -0.382 e. The lowest BCUT2D eigenvalue weighted by Crippen LogP contribution is -2.41. The molecule has 0 atom stereocenters. The van der Waals surface area contributed by atoms with Crippen LogP contribution in [0.2, 0.25) is 0 Å². The van der Waals surface area contributed by atoms with E-state index in [9.17, 15) is 8.42 Å². The van der Waals surface area contributed by atoms with E-state index in [1.54, 1.807) is 17.5 Å². The number of guanidine groups is 1. The second kappa shape index (κ2) is 13.8. The number of nitrogens with zero attached hydrogens (tertiary/aromatic N) is 1. The van der Waals surface area contributed by atoms with Crippen LogP contribution in [-0.2, 0) is 14.8 Å². The molecule has 0 radical (unpaired) electrons. The van der Waals surface area contributed by atoms with Gasteiger partial charge in [0.2, 0.25) is 10.0 Å². The summed E-state index contributed by atoms with van der Waals surface area (Å²) in [6.07, 6.45) is 0.857. The van der Waals surface area contributed by atoms with E-state index >= 15 is 0 Å². The molecule has 1 rings (SSSR count). The number of hydrogen-bond donors (Lipinski definition) is 3. The molecule has 0 aliphatic heterocycles. The van der Waals surface area contributed by atoms with Crippen molar-refractivity contribution >= 4 is 51.3 Å². The highest BCUT2D eigenvalue weighted by Gasteiger charge is 2.13. The number of ether oxygens (including phenoxy) is 1. The van der Waals surface area contributed by atoms with Crippen molar-refractivity contribution in [2.45, 2.75) is 24.5 Å². The van der Waals surface area contributed by atoms with Crippen LogP contribution in [0.15, 0.2) is 26.7 Å². The van der Waals surface area contributed by atoms with Gasteiger partial charge in [-0.1, -0.05) is 6.07 Å². The largest absolute Gasteiger partial charge is 0.382 e. The highest BCUT2D eigenvalue weighted by atomic mass is 127. The summed E-state index contributed by atoms with van der Waals surface area (Å²) in [6.45, 7) is 7.52. The summed E-state index contributed by atoms with van der Waals surface area (Å²) < 4.78 is 32.0. The topological polar surface area (TPSA) is 91.8 Å². The summed E-state index contributed by atoms with van der Waals surface area (Å²) in [6, 6.07) is 3.31. The van der Waals surface area contributed by atoms with Crippen LogP contribution in [0.25, 0.3) is 0 Å². The molecule has 0 bridgehead atoms. The summed E-state index contributed by atoms with van der Waals surface area (Å²) in [7, 11) is -3.40. The molecule has 0 amide bonds. The molecule has 0 spiro atoms. The van der Waals surface area contributed by atoms with Gasteiger partial charge in [0.25, 0.3) is 0 Å². The Morgan fingerprint density at radius 1 is 1.29 bits per heavy atom. The number of hydrogen-bond acceptors (Lipinski definition) is 5. The van der Waals surface area contributed by atoms with Crippen LogP contribution < -0.4 is 15.4 Å². The smallest absolute Gasteiger partial charge is 0.250 e. The highest BCUT2D eigenvalue weighted by Crippen LogP contribution is 2.14. The Morgan fingerprint density at radius 3 is 2.71 bits per heavy atom. The van der Waals surface area contributed by atoms with Gasteiger partial charge in [-0.3, -0.25) is 4.99 Å². The molecular weight excluding hydrogens is 463 g/mol. The third-order valence-corrected chi connectivity index (χ3v) is 5.59. The maximum absolute atomic E-state index is 11.9. The molecule has 1 aromatic heterocycles. The summed E-state index contributed by atoms with van der Waals surface area (Å²) in [5.41, 5.74) is 0. The van der Waals surface area contributed by atoms with Crippen molar-refractivity contribution in [1.29, 1.82) is 0 Å². The second-order valence-corrected chi connectivity index (χ2v) is 7.51. The third-order valence-electron chi connectivity index (χ3n) is 2.73. The standard InChI is InChI=1S/C14H26N4O3S2.HI/c1-3-15-14(16-8-6-11-21-4-2)17-9-10-18-23(19,20)13-7-5-12-22-13;/h5,7,12,18H,3-4,6,8-11H2,1-2H3,(H2,15,16,17);1H. The molecule has 140 valence electrons. The molecule has 0 aliphatic carbocycles. The maximum Gasteiger partial charge on any atom is 0.250 e. The first-order valence-corrected chi connectivity index (χ1v) is 10.1. The zero-order chi connectivity index (χ0) is 17.0.